The van der Waals surface area contributed by atoms with Gasteiger partial charge < -0.3 is 10.3 Å². The fraction of sp³-hybridized carbons (Fsp3) is 0.500. The van der Waals surface area contributed by atoms with Gasteiger partial charge in [0.25, 0.3) is 0 Å². The van der Waals surface area contributed by atoms with Gasteiger partial charge in [-0.05, 0) is 38.3 Å². The zero-order chi connectivity index (χ0) is 9.97. The van der Waals surface area contributed by atoms with E-state index in [4.69, 9.17) is 0 Å². The summed E-state index contributed by atoms with van der Waals surface area (Å²) >= 11 is 0. The van der Waals surface area contributed by atoms with Gasteiger partial charge >= 0.3 is 0 Å². The quantitative estimate of drug-likeness (QED) is 0.704. The van der Waals surface area contributed by atoms with Crippen molar-refractivity contribution in [2.24, 2.45) is 0 Å². The Morgan fingerprint density at radius 3 is 2.64 bits per heavy atom. The number of aromatic nitrogens is 1. The highest BCUT2D eigenvalue weighted by molar-refractivity contribution is 5.24. The molecule has 0 radical (unpaired) electrons. The van der Waals surface area contributed by atoms with Crippen LogP contribution in [0, 0.1) is 13.8 Å². The Morgan fingerprint density at radius 1 is 1.36 bits per heavy atom. The summed E-state index contributed by atoms with van der Waals surface area (Å²) in [5.41, 5.74) is 3.94. The first-order valence-electron chi connectivity index (χ1n) is 5.29. The molecule has 1 aliphatic carbocycles. The lowest BCUT2D eigenvalue weighted by Crippen LogP contribution is -2.25. The van der Waals surface area contributed by atoms with Gasteiger partial charge in [0.1, 0.15) is 0 Å². The fourth-order valence-electron chi connectivity index (χ4n) is 2.00. The number of hydrogen-bond acceptors (Lipinski definition) is 1. The van der Waals surface area contributed by atoms with E-state index in [0.29, 0.717) is 6.04 Å². The Morgan fingerprint density at radius 2 is 2.07 bits per heavy atom. The van der Waals surface area contributed by atoms with E-state index < -0.39 is 0 Å². The van der Waals surface area contributed by atoms with Gasteiger partial charge in [-0.3, -0.25) is 0 Å². The monoisotopic (exact) mass is 190 g/mol. The summed E-state index contributed by atoms with van der Waals surface area (Å²) in [6.45, 7) is 5.23. The van der Waals surface area contributed by atoms with Crippen molar-refractivity contribution >= 4 is 0 Å². The lowest BCUT2D eigenvalue weighted by molar-refractivity contribution is 0.537. The Kier molecular flexibility index (Phi) is 2.73. The molecule has 1 heterocycles. The molecule has 2 rings (SSSR count). The Hall–Kier alpha value is -1.02. The van der Waals surface area contributed by atoms with Crippen molar-refractivity contribution < 1.29 is 0 Å². The second kappa shape index (κ2) is 4.01. The first-order chi connectivity index (χ1) is 6.75. The van der Waals surface area contributed by atoms with E-state index in [2.05, 4.69) is 42.4 Å². The van der Waals surface area contributed by atoms with E-state index >= 15 is 0 Å². The van der Waals surface area contributed by atoms with Crippen LogP contribution in [0.15, 0.2) is 18.2 Å². The predicted molar refractivity (Wildman–Crippen MR) is 59.3 cm³/mol. The molecule has 0 unspecified atom stereocenters. The third-order valence-corrected chi connectivity index (χ3v) is 2.85. The summed E-state index contributed by atoms with van der Waals surface area (Å²) in [4.78, 5) is 3.33. The average molecular weight is 190 g/mol. The molecule has 0 spiro atoms. The first kappa shape index (κ1) is 9.53. The highest BCUT2D eigenvalue weighted by Gasteiger charge is 2.10. The van der Waals surface area contributed by atoms with Crippen molar-refractivity contribution in [1.29, 1.82) is 0 Å². The maximum absolute atomic E-state index is 3.57. The molecular formula is C12H18N2. The van der Waals surface area contributed by atoms with Gasteiger partial charge in [-0.15, -0.1) is 0 Å². The SMILES string of the molecule is Cc1cc(CNC2CC=CC2)c(C)[nH]1. The second-order valence-electron chi connectivity index (χ2n) is 4.12. The molecule has 1 aromatic rings. The van der Waals surface area contributed by atoms with Gasteiger partial charge in [0.2, 0.25) is 0 Å². The van der Waals surface area contributed by atoms with Crippen LogP contribution in [0.3, 0.4) is 0 Å². The lowest BCUT2D eigenvalue weighted by atomic mass is 10.2. The molecule has 0 aliphatic heterocycles. The lowest BCUT2D eigenvalue weighted by Gasteiger charge is -2.11. The van der Waals surface area contributed by atoms with Crippen LogP contribution in [0.2, 0.25) is 0 Å². The number of rotatable bonds is 3. The van der Waals surface area contributed by atoms with Crippen LogP contribution in [-0.4, -0.2) is 11.0 Å². The molecule has 1 aromatic heterocycles. The highest BCUT2D eigenvalue weighted by Crippen LogP contribution is 2.12. The number of aromatic amines is 1. The van der Waals surface area contributed by atoms with Crippen LogP contribution in [-0.2, 0) is 6.54 Å². The normalized spacial score (nSPS) is 16.7. The van der Waals surface area contributed by atoms with E-state index in [-0.39, 0.29) is 0 Å². The van der Waals surface area contributed by atoms with E-state index in [1.807, 2.05) is 0 Å². The Labute approximate surface area is 85.4 Å². The molecule has 76 valence electrons. The first-order valence-corrected chi connectivity index (χ1v) is 5.29. The minimum Gasteiger partial charge on any atom is -0.362 e. The predicted octanol–water partition coefficient (Wildman–Crippen LogP) is 2.44. The van der Waals surface area contributed by atoms with Gasteiger partial charge in [0, 0.05) is 24.0 Å². The number of hydrogen-bond donors (Lipinski definition) is 2. The minimum absolute atomic E-state index is 0.657. The molecule has 0 bridgehead atoms. The molecule has 0 amide bonds. The Balaban J connectivity index is 1.88. The summed E-state index contributed by atoms with van der Waals surface area (Å²) in [7, 11) is 0. The molecule has 2 heteroatoms. The van der Waals surface area contributed by atoms with Crippen LogP contribution in [0.4, 0.5) is 0 Å². The van der Waals surface area contributed by atoms with Gasteiger partial charge in [-0.2, -0.15) is 0 Å². The van der Waals surface area contributed by atoms with Crippen molar-refractivity contribution in [2.75, 3.05) is 0 Å². The van der Waals surface area contributed by atoms with E-state index in [9.17, 15) is 0 Å². The van der Waals surface area contributed by atoms with Crippen molar-refractivity contribution in [3.63, 3.8) is 0 Å². The fourth-order valence-corrected chi connectivity index (χ4v) is 2.00. The molecular weight excluding hydrogens is 172 g/mol. The Bertz CT molecular complexity index is 328. The zero-order valence-corrected chi connectivity index (χ0v) is 8.93. The smallest absolute Gasteiger partial charge is 0.0226 e. The number of nitrogens with one attached hydrogen (secondary N) is 2. The van der Waals surface area contributed by atoms with E-state index in [1.165, 1.54) is 29.8 Å². The molecule has 0 aromatic carbocycles. The molecule has 14 heavy (non-hydrogen) atoms. The van der Waals surface area contributed by atoms with E-state index in [0.717, 1.165) is 6.54 Å². The summed E-state index contributed by atoms with van der Waals surface area (Å²) in [6.07, 6.45) is 6.88. The molecule has 2 nitrogen and oxygen atoms in total. The van der Waals surface area contributed by atoms with Crippen LogP contribution >= 0.6 is 0 Å². The van der Waals surface area contributed by atoms with Gasteiger partial charge in [0.15, 0.2) is 0 Å². The second-order valence-corrected chi connectivity index (χ2v) is 4.12. The van der Waals surface area contributed by atoms with Crippen molar-refractivity contribution in [3.05, 3.63) is 35.2 Å². The van der Waals surface area contributed by atoms with Crippen LogP contribution in [0.25, 0.3) is 0 Å². The van der Waals surface area contributed by atoms with Crippen molar-refractivity contribution in [3.8, 4) is 0 Å². The number of H-pyrrole nitrogens is 1. The zero-order valence-electron chi connectivity index (χ0n) is 8.93. The van der Waals surface area contributed by atoms with Gasteiger partial charge in [-0.1, -0.05) is 12.2 Å². The molecule has 0 atom stereocenters. The maximum atomic E-state index is 3.57. The third kappa shape index (κ3) is 2.07. The molecule has 0 saturated heterocycles. The van der Waals surface area contributed by atoms with Crippen LogP contribution < -0.4 is 5.32 Å². The van der Waals surface area contributed by atoms with Crippen molar-refractivity contribution in [1.82, 2.24) is 10.3 Å². The third-order valence-electron chi connectivity index (χ3n) is 2.85. The minimum atomic E-state index is 0.657. The van der Waals surface area contributed by atoms with E-state index in [1.54, 1.807) is 0 Å². The average Bonchev–Trinajstić information content (AvgIpc) is 2.72. The molecule has 2 N–H and O–H groups in total. The van der Waals surface area contributed by atoms with Gasteiger partial charge in [-0.25, -0.2) is 0 Å². The summed E-state index contributed by atoms with van der Waals surface area (Å²) in [5, 5.41) is 3.57. The number of aryl methyl sites for hydroxylation is 2. The highest BCUT2D eigenvalue weighted by atomic mass is 14.9. The molecule has 0 saturated carbocycles. The maximum Gasteiger partial charge on any atom is 0.0226 e. The topological polar surface area (TPSA) is 27.8 Å². The summed E-state index contributed by atoms with van der Waals surface area (Å²) < 4.78 is 0. The molecule has 0 fully saturated rings. The standard InChI is InChI=1S/C12H18N2/c1-9-7-11(10(2)14-9)8-13-12-5-3-4-6-12/h3-4,7,12-14H,5-6,8H2,1-2H3. The summed E-state index contributed by atoms with van der Waals surface area (Å²) in [6, 6.07) is 2.88. The largest absolute Gasteiger partial charge is 0.362 e. The summed E-state index contributed by atoms with van der Waals surface area (Å²) in [5.74, 6) is 0. The van der Waals surface area contributed by atoms with Crippen LogP contribution in [0.1, 0.15) is 29.8 Å². The van der Waals surface area contributed by atoms with Gasteiger partial charge in [0.05, 0.1) is 0 Å². The van der Waals surface area contributed by atoms with Crippen molar-refractivity contribution in [2.45, 2.75) is 39.3 Å². The van der Waals surface area contributed by atoms with Crippen LogP contribution in [0.5, 0.6) is 0 Å². The molecule has 1 aliphatic rings.